The molecule has 172 valence electrons. The van der Waals surface area contributed by atoms with Gasteiger partial charge in [0.15, 0.2) is 6.61 Å². The number of nitrogens with one attached hydrogen (secondary N) is 1. The molecule has 3 rings (SSSR count). The highest BCUT2D eigenvalue weighted by Gasteiger charge is 2.30. The van der Waals surface area contributed by atoms with Gasteiger partial charge in [0.25, 0.3) is 5.91 Å². The molecule has 33 heavy (non-hydrogen) atoms. The first-order valence-corrected chi connectivity index (χ1v) is 11.2. The quantitative estimate of drug-likeness (QED) is 0.533. The van der Waals surface area contributed by atoms with Gasteiger partial charge in [-0.05, 0) is 49.1 Å². The van der Waals surface area contributed by atoms with Gasteiger partial charge in [-0.25, -0.2) is 0 Å². The van der Waals surface area contributed by atoms with Gasteiger partial charge < -0.3 is 15.0 Å². The third kappa shape index (κ3) is 6.69. The molecule has 1 atom stereocenters. The predicted molar refractivity (Wildman–Crippen MR) is 131 cm³/mol. The normalized spacial score (nSPS) is 11.5. The van der Waals surface area contributed by atoms with E-state index in [0.717, 1.165) is 27.8 Å². The van der Waals surface area contributed by atoms with Gasteiger partial charge in [-0.2, -0.15) is 0 Å². The first-order valence-electron chi connectivity index (χ1n) is 11.2. The number of carbonyl (C=O) groups is 2. The summed E-state index contributed by atoms with van der Waals surface area (Å²) in [5, 5.41) is 2.73. The molecule has 0 saturated carbocycles. The predicted octanol–water partition coefficient (Wildman–Crippen LogP) is 4.38. The van der Waals surface area contributed by atoms with E-state index in [1.807, 2.05) is 93.6 Å². The van der Waals surface area contributed by atoms with E-state index in [2.05, 4.69) is 5.32 Å². The molecule has 0 spiro atoms. The van der Waals surface area contributed by atoms with E-state index in [1.54, 1.807) is 11.9 Å². The van der Waals surface area contributed by atoms with E-state index in [9.17, 15) is 9.59 Å². The number of amides is 2. The van der Waals surface area contributed by atoms with Gasteiger partial charge in [-0.3, -0.25) is 9.59 Å². The van der Waals surface area contributed by atoms with Crippen molar-refractivity contribution < 1.29 is 14.3 Å². The second-order valence-electron chi connectivity index (χ2n) is 8.38. The first-order chi connectivity index (χ1) is 15.9. The van der Waals surface area contributed by atoms with Crippen LogP contribution in [0.1, 0.15) is 27.8 Å². The Kier molecular flexibility index (Phi) is 8.25. The zero-order valence-corrected chi connectivity index (χ0v) is 19.8. The van der Waals surface area contributed by atoms with E-state index in [1.165, 1.54) is 0 Å². The van der Waals surface area contributed by atoms with Gasteiger partial charge in [-0.1, -0.05) is 72.3 Å². The van der Waals surface area contributed by atoms with Crippen molar-refractivity contribution in [3.05, 3.63) is 101 Å². The van der Waals surface area contributed by atoms with Gasteiger partial charge in [0.2, 0.25) is 5.91 Å². The minimum atomic E-state index is -0.659. The van der Waals surface area contributed by atoms with Gasteiger partial charge in [0.05, 0.1) is 0 Å². The standard InChI is InChI=1S/C28H32N2O3/c1-20-11-14-24(15-12-20)18-30(25(28(32)29-4)17-23-8-6-5-7-9-23)27(31)19-33-26-16-21(2)10-13-22(26)3/h5-16,25H,17-19H2,1-4H3,(H,29,32)/t25-/m0/s1. The van der Waals surface area contributed by atoms with E-state index in [0.29, 0.717) is 18.7 Å². The van der Waals surface area contributed by atoms with E-state index >= 15 is 0 Å². The molecule has 1 N–H and O–H groups in total. The number of hydrogen-bond acceptors (Lipinski definition) is 3. The third-order valence-electron chi connectivity index (χ3n) is 5.69. The second kappa shape index (κ2) is 11.3. The maximum absolute atomic E-state index is 13.5. The number of likely N-dealkylation sites (N-methyl/N-ethyl adjacent to an activating group) is 1. The topological polar surface area (TPSA) is 58.6 Å². The molecule has 3 aromatic rings. The van der Waals surface area contributed by atoms with Gasteiger partial charge in [0.1, 0.15) is 11.8 Å². The summed E-state index contributed by atoms with van der Waals surface area (Å²) in [7, 11) is 1.60. The van der Waals surface area contributed by atoms with Crippen molar-refractivity contribution in [1.29, 1.82) is 0 Å². The van der Waals surface area contributed by atoms with Gasteiger partial charge >= 0.3 is 0 Å². The van der Waals surface area contributed by atoms with Crippen molar-refractivity contribution in [2.75, 3.05) is 13.7 Å². The van der Waals surface area contributed by atoms with Crippen LogP contribution in [0.4, 0.5) is 0 Å². The van der Waals surface area contributed by atoms with Crippen LogP contribution < -0.4 is 10.1 Å². The monoisotopic (exact) mass is 444 g/mol. The smallest absolute Gasteiger partial charge is 0.261 e. The SMILES string of the molecule is CNC(=O)[C@H](Cc1ccccc1)N(Cc1ccc(C)cc1)C(=O)COc1cc(C)ccc1C. The Morgan fingerprint density at radius 2 is 1.55 bits per heavy atom. The maximum atomic E-state index is 13.5. The van der Waals surface area contributed by atoms with Crippen molar-refractivity contribution in [1.82, 2.24) is 10.2 Å². The number of ether oxygens (including phenoxy) is 1. The van der Waals surface area contributed by atoms with E-state index in [-0.39, 0.29) is 18.4 Å². The average molecular weight is 445 g/mol. The summed E-state index contributed by atoms with van der Waals surface area (Å²) in [5.41, 5.74) is 5.12. The van der Waals surface area contributed by atoms with Crippen LogP contribution in [-0.4, -0.2) is 36.4 Å². The lowest BCUT2D eigenvalue weighted by Gasteiger charge is -2.31. The van der Waals surface area contributed by atoms with Crippen molar-refractivity contribution in [2.24, 2.45) is 0 Å². The van der Waals surface area contributed by atoms with Crippen LogP contribution in [0.2, 0.25) is 0 Å². The van der Waals surface area contributed by atoms with Crippen molar-refractivity contribution >= 4 is 11.8 Å². The van der Waals surface area contributed by atoms with Crippen LogP contribution in [0.15, 0.2) is 72.8 Å². The van der Waals surface area contributed by atoms with Crippen LogP contribution in [0.3, 0.4) is 0 Å². The molecule has 5 nitrogen and oxygen atoms in total. The molecule has 0 unspecified atom stereocenters. The Morgan fingerprint density at radius 1 is 0.879 bits per heavy atom. The summed E-state index contributed by atoms with van der Waals surface area (Å²) in [6, 6.07) is 23.0. The average Bonchev–Trinajstić information content (AvgIpc) is 2.83. The number of nitrogens with zero attached hydrogens (tertiary/aromatic N) is 1. The molecule has 0 aliphatic heterocycles. The molecule has 0 radical (unpaired) electrons. The van der Waals surface area contributed by atoms with Crippen LogP contribution in [-0.2, 0) is 22.6 Å². The Bertz CT molecular complexity index is 1080. The van der Waals surface area contributed by atoms with E-state index < -0.39 is 6.04 Å². The van der Waals surface area contributed by atoms with Crippen LogP contribution in [0, 0.1) is 20.8 Å². The molecule has 2 amide bonds. The lowest BCUT2D eigenvalue weighted by Crippen LogP contribution is -2.51. The molecule has 0 bridgehead atoms. The molecule has 0 aromatic heterocycles. The lowest BCUT2D eigenvalue weighted by atomic mass is 10.0. The van der Waals surface area contributed by atoms with Crippen molar-refractivity contribution in [3.8, 4) is 5.75 Å². The zero-order chi connectivity index (χ0) is 23.8. The summed E-state index contributed by atoms with van der Waals surface area (Å²) in [4.78, 5) is 28.0. The van der Waals surface area contributed by atoms with Crippen LogP contribution in [0.5, 0.6) is 5.75 Å². The number of carbonyl (C=O) groups excluding carboxylic acids is 2. The summed E-state index contributed by atoms with van der Waals surface area (Å²) in [5.74, 6) is 0.241. The summed E-state index contributed by atoms with van der Waals surface area (Å²) >= 11 is 0. The fourth-order valence-electron chi connectivity index (χ4n) is 3.70. The number of hydrogen-bond donors (Lipinski definition) is 1. The summed E-state index contributed by atoms with van der Waals surface area (Å²) in [6.45, 7) is 6.14. The zero-order valence-electron chi connectivity index (χ0n) is 19.8. The molecule has 0 heterocycles. The molecule has 5 heteroatoms. The second-order valence-corrected chi connectivity index (χ2v) is 8.38. The Labute approximate surface area is 196 Å². The molecular weight excluding hydrogens is 412 g/mol. The first kappa shape index (κ1) is 24.1. The minimum Gasteiger partial charge on any atom is -0.483 e. The number of rotatable bonds is 9. The highest BCUT2D eigenvalue weighted by molar-refractivity contribution is 5.88. The van der Waals surface area contributed by atoms with E-state index in [4.69, 9.17) is 4.74 Å². The van der Waals surface area contributed by atoms with Gasteiger partial charge in [-0.15, -0.1) is 0 Å². The molecule has 0 aliphatic rings. The maximum Gasteiger partial charge on any atom is 0.261 e. The van der Waals surface area contributed by atoms with Crippen molar-refractivity contribution in [2.45, 2.75) is 39.8 Å². The molecule has 3 aromatic carbocycles. The summed E-state index contributed by atoms with van der Waals surface area (Å²) in [6.07, 6.45) is 0.418. The highest BCUT2D eigenvalue weighted by atomic mass is 16.5. The largest absolute Gasteiger partial charge is 0.483 e. The Hall–Kier alpha value is -3.60. The number of benzene rings is 3. The molecule has 0 aliphatic carbocycles. The fourth-order valence-corrected chi connectivity index (χ4v) is 3.70. The van der Waals surface area contributed by atoms with Crippen LogP contribution in [0.25, 0.3) is 0 Å². The Balaban J connectivity index is 1.88. The minimum absolute atomic E-state index is 0.140. The van der Waals surface area contributed by atoms with Crippen LogP contribution >= 0.6 is 0 Å². The summed E-state index contributed by atoms with van der Waals surface area (Å²) < 4.78 is 5.91. The molecule has 0 saturated heterocycles. The fraction of sp³-hybridized carbons (Fsp3) is 0.286. The molecule has 0 fully saturated rings. The lowest BCUT2D eigenvalue weighted by molar-refractivity contribution is -0.142. The molecular formula is C28H32N2O3. The van der Waals surface area contributed by atoms with Gasteiger partial charge in [0, 0.05) is 20.0 Å². The van der Waals surface area contributed by atoms with Crippen molar-refractivity contribution in [3.63, 3.8) is 0 Å². The highest BCUT2D eigenvalue weighted by Crippen LogP contribution is 2.20. The Morgan fingerprint density at radius 3 is 2.21 bits per heavy atom. The number of aryl methyl sites for hydroxylation is 3. The third-order valence-corrected chi connectivity index (χ3v) is 5.69.